The second-order valence-corrected chi connectivity index (χ2v) is 7.56. The molecule has 0 aromatic heterocycles. The minimum absolute atomic E-state index is 0.528. The molecule has 5 nitrogen and oxygen atoms in total. The Kier molecular flexibility index (Phi) is 4.47. The van der Waals surface area contributed by atoms with E-state index in [9.17, 15) is 8.42 Å². The van der Waals surface area contributed by atoms with Crippen molar-refractivity contribution in [2.75, 3.05) is 20.5 Å². The first-order valence-electron chi connectivity index (χ1n) is 5.82. The predicted octanol–water partition coefficient (Wildman–Crippen LogP) is 1.53. The number of ether oxygens (including phenoxy) is 2. The quantitative estimate of drug-likeness (QED) is 0.888. The maximum Gasteiger partial charge on any atom is 0.161 e. The molecule has 0 aliphatic carbocycles. The van der Waals surface area contributed by atoms with Crippen molar-refractivity contribution in [3.05, 3.63) is 23.8 Å². The summed E-state index contributed by atoms with van der Waals surface area (Å²) in [5, 5.41) is 0. The summed E-state index contributed by atoms with van der Waals surface area (Å²) in [6, 6.07) is 4.52. The van der Waals surface area contributed by atoms with Gasteiger partial charge in [0.25, 0.3) is 0 Å². The van der Waals surface area contributed by atoms with Gasteiger partial charge in [0, 0.05) is 12.3 Å². The van der Waals surface area contributed by atoms with Crippen LogP contribution in [0.3, 0.4) is 0 Å². The van der Waals surface area contributed by atoms with Crippen LogP contribution in [0, 0.1) is 0 Å². The normalized spacial score (nSPS) is 14.0. The molecular formula is C13H21NO4S. The van der Waals surface area contributed by atoms with Crippen molar-refractivity contribution in [2.24, 2.45) is 5.73 Å². The van der Waals surface area contributed by atoms with Crippen LogP contribution in [0.15, 0.2) is 18.2 Å². The van der Waals surface area contributed by atoms with Gasteiger partial charge in [0.05, 0.1) is 19.0 Å². The SMILES string of the molecule is COc1ccc(C(N)C(C)(C)S(C)(=O)=O)cc1OC. The van der Waals surface area contributed by atoms with Crippen LogP contribution in [-0.2, 0) is 9.84 Å². The van der Waals surface area contributed by atoms with Gasteiger partial charge in [0.2, 0.25) is 0 Å². The minimum atomic E-state index is -3.28. The van der Waals surface area contributed by atoms with E-state index in [-0.39, 0.29) is 0 Å². The third-order valence-electron chi connectivity index (χ3n) is 3.47. The van der Waals surface area contributed by atoms with Crippen molar-refractivity contribution in [3.8, 4) is 11.5 Å². The summed E-state index contributed by atoms with van der Waals surface area (Å²) in [7, 11) is -0.220. The number of hydrogen-bond acceptors (Lipinski definition) is 5. The van der Waals surface area contributed by atoms with E-state index in [2.05, 4.69) is 0 Å². The number of methoxy groups -OCH3 is 2. The minimum Gasteiger partial charge on any atom is -0.493 e. The third kappa shape index (κ3) is 3.01. The van der Waals surface area contributed by atoms with Gasteiger partial charge in [0.15, 0.2) is 21.3 Å². The molecule has 1 aromatic rings. The zero-order valence-corrected chi connectivity index (χ0v) is 12.7. The highest BCUT2D eigenvalue weighted by molar-refractivity contribution is 7.92. The van der Waals surface area contributed by atoms with Crippen LogP contribution >= 0.6 is 0 Å². The van der Waals surface area contributed by atoms with Crippen molar-refractivity contribution < 1.29 is 17.9 Å². The lowest BCUT2D eigenvalue weighted by molar-refractivity contribution is 0.353. The lowest BCUT2D eigenvalue weighted by Crippen LogP contribution is -2.42. The maximum absolute atomic E-state index is 11.8. The fraction of sp³-hybridized carbons (Fsp3) is 0.538. The number of hydrogen-bond donors (Lipinski definition) is 1. The first-order valence-corrected chi connectivity index (χ1v) is 7.71. The number of rotatable bonds is 5. The van der Waals surface area contributed by atoms with E-state index in [0.29, 0.717) is 17.1 Å². The van der Waals surface area contributed by atoms with Crippen molar-refractivity contribution in [3.63, 3.8) is 0 Å². The van der Waals surface area contributed by atoms with Gasteiger partial charge in [-0.3, -0.25) is 0 Å². The van der Waals surface area contributed by atoms with E-state index in [1.807, 2.05) is 0 Å². The lowest BCUT2D eigenvalue weighted by Gasteiger charge is -2.30. The fourth-order valence-corrected chi connectivity index (χ4v) is 2.28. The number of nitrogens with two attached hydrogens (primary N) is 1. The molecule has 0 bridgehead atoms. The number of sulfone groups is 1. The van der Waals surface area contributed by atoms with Gasteiger partial charge in [-0.15, -0.1) is 0 Å². The Hall–Kier alpha value is -1.27. The Morgan fingerprint density at radius 2 is 1.68 bits per heavy atom. The zero-order valence-electron chi connectivity index (χ0n) is 11.9. The Labute approximate surface area is 114 Å². The van der Waals surface area contributed by atoms with Crippen LogP contribution in [0.4, 0.5) is 0 Å². The molecule has 0 radical (unpaired) electrons. The monoisotopic (exact) mass is 287 g/mol. The summed E-state index contributed by atoms with van der Waals surface area (Å²) >= 11 is 0. The zero-order chi connectivity index (χ0) is 14.8. The van der Waals surface area contributed by atoms with E-state index in [1.54, 1.807) is 32.0 Å². The summed E-state index contributed by atoms with van der Waals surface area (Å²) in [4.78, 5) is 0. The molecular weight excluding hydrogens is 266 g/mol. The van der Waals surface area contributed by atoms with Gasteiger partial charge < -0.3 is 15.2 Å². The standard InChI is InChI=1S/C13H21NO4S/c1-13(2,19(5,15)16)12(14)9-6-7-10(17-3)11(8-9)18-4/h6-8,12H,14H2,1-5H3. The van der Waals surface area contributed by atoms with Gasteiger partial charge in [-0.25, -0.2) is 8.42 Å². The Morgan fingerprint density at radius 3 is 2.11 bits per heavy atom. The fourth-order valence-electron chi connectivity index (χ4n) is 1.68. The van der Waals surface area contributed by atoms with Gasteiger partial charge in [0.1, 0.15) is 0 Å². The molecule has 2 N–H and O–H groups in total. The molecule has 0 amide bonds. The van der Waals surface area contributed by atoms with E-state index in [4.69, 9.17) is 15.2 Å². The summed E-state index contributed by atoms with van der Waals surface area (Å²) in [5.41, 5.74) is 6.79. The molecule has 19 heavy (non-hydrogen) atoms. The third-order valence-corrected chi connectivity index (χ3v) is 5.64. The topological polar surface area (TPSA) is 78.6 Å². The molecule has 0 spiro atoms. The molecule has 0 aliphatic rings. The summed E-state index contributed by atoms with van der Waals surface area (Å²) in [5.74, 6) is 1.11. The largest absolute Gasteiger partial charge is 0.493 e. The van der Waals surface area contributed by atoms with Crippen molar-refractivity contribution in [2.45, 2.75) is 24.6 Å². The molecule has 0 saturated heterocycles. The summed E-state index contributed by atoms with van der Waals surface area (Å²) in [6.45, 7) is 3.23. The van der Waals surface area contributed by atoms with Crippen LogP contribution in [0.25, 0.3) is 0 Å². The van der Waals surface area contributed by atoms with Crippen molar-refractivity contribution in [1.82, 2.24) is 0 Å². The molecule has 0 fully saturated rings. The highest BCUT2D eigenvalue weighted by Crippen LogP contribution is 2.35. The summed E-state index contributed by atoms with van der Waals surface area (Å²) < 4.78 is 32.9. The second kappa shape index (κ2) is 5.38. The van der Waals surface area contributed by atoms with Gasteiger partial charge in [-0.2, -0.15) is 0 Å². The van der Waals surface area contributed by atoms with Crippen molar-refractivity contribution in [1.29, 1.82) is 0 Å². The Balaban J connectivity index is 3.24. The van der Waals surface area contributed by atoms with Gasteiger partial charge in [-0.1, -0.05) is 6.07 Å². The molecule has 6 heteroatoms. The smallest absolute Gasteiger partial charge is 0.161 e. The lowest BCUT2D eigenvalue weighted by atomic mass is 9.96. The Bertz CT molecular complexity index is 552. The number of benzene rings is 1. The van der Waals surface area contributed by atoms with E-state index < -0.39 is 20.6 Å². The Morgan fingerprint density at radius 1 is 1.16 bits per heavy atom. The first-order chi connectivity index (χ1) is 8.65. The van der Waals surface area contributed by atoms with Crippen molar-refractivity contribution >= 4 is 9.84 Å². The molecule has 1 unspecified atom stereocenters. The van der Waals surface area contributed by atoms with Gasteiger partial charge in [-0.05, 0) is 31.5 Å². The summed E-state index contributed by atoms with van der Waals surface area (Å²) in [6.07, 6.45) is 1.19. The molecule has 1 rings (SSSR count). The second-order valence-electron chi connectivity index (χ2n) is 4.97. The first kappa shape index (κ1) is 15.8. The van der Waals surface area contributed by atoms with E-state index in [0.717, 1.165) is 0 Å². The molecule has 0 aliphatic heterocycles. The maximum atomic E-state index is 11.8. The molecule has 0 heterocycles. The van der Waals surface area contributed by atoms with Crippen LogP contribution in [0.2, 0.25) is 0 Å². The van der Waals surface area contributed by atoms with Crippen LogP contribution in [-0.4, -0.2) is 33.6 Å². The van der Waals surface area contributed by atoms with Crippen LogP contribution in [0.5, 0.6) is 11.5 Å². The predicted molar refractivity (Wildman–Crippen MR) is 75.4 cm³/mol. The average Bonchev–Trinajstić information content (AvgIpc) is 2.35. The molecule has 1 atom stereocenters. The highest BCUT2D eigenvalue weighted by Gasteiger charge is 2.38. The van der Waals surface area contributed by atoms with E-state index in [1.165, 1.54) is 20.5 Å². The van der Waals surface area contributed by atoms with Crippen LogP contribution < -0.4 is 15.2 Å². The van der Waals surface area contributed by atoms with E-state index >= 15 is 0 Å². The highest BCUT2D eigenvalue weighted by atomic mass is 32.2. The average molecular weight is 287 g/mol. The molecule has 0 saturated carbocycles. The molecule has 108 valence electrons. The van der Waals surface area contributed by atoms with Crippen LogP contribution in [0.1, 0.15) is 25.5 Å². The van der Waals surface area contributed by atoms with Gasteiger partial charge >= 0.3 is 0 Å². The molecule has 1 aromatic carbocycles.